The molecule has 0 saturated carbocycles. The number of rotatable bonds is 1. The first kappa shape index (κ1) is 15.8. The van der Waals surface area contributed by atoms with Crippen molar-refractivity contribution in [1.82, 2.24) is 9.97 Å². The lowest BCUT2D eigenvalue weighted by molar-refractivity contribution is 0.473. The van der Waals surface area contributed by atoms with Crippen molar-refractivity contribution < 1.29 is 5.11 Å². The number of phenolic OH excluding ortho intramolecular Hbond substituents is 1. The van der Waals surface area contributed by atoms with Crippen molar-refractivity contribution in [3.8, 4) is 17.1 Å². The van der Waals surface area contributed by atoms with Crippen LogP contribution in [-0.4, -0.2) is 15.1 Å². The molecule has 0 bridgehead atoms. The molecule has 0 atom stereocenters. The van der Waals surface area contributed by atoms with Crippen molar-refractivity contribution >= 4 is 66.7 Å². The van der Waals surface area contributed by atoms with E-state index >= 15 is 0 Å². The highest BCUT2D eigenvalue weighted by Crippen LogP contribution is 2.36. The second kappa shape index (κ2) is 5.99. The lowest BCUT2D eigenvalue weighted by Gasteiger charge is -2.10. The summed E-state index contributed by atoms with van der Waals surface area (Å²) >= 11 is 5.91. The Morgan fingerprint density at radius 2 is 2.00 bits per heavy atom. The molecule has 0 amide bonds. The molecule has 4 rings (SSSR count). The Labute approximate surface area is 163 Å². The summed E-state index contributed by atoms with van der Waals surface area (Å²) in [6.07, 6.45) is 4.32. The van der Waals surface area contributed by atoms with Crippen molar-refractivity contribution in [3.05, 3.63) is 40.1 Å². The zero-order valence-corrected chi connectivity index (χ0v) is 17.1. The van der Waals surface area contributed by atoms with Crippen LogP contribution in [0.5, 0.6) is 5.75 Å². The van der Waals surface area contributed by atoms with Gasteiger partial charge in [0.15, 0.2) is 0 Å². The number of aryl methyl sites for hydroxylation is 2. The van der Waals surface area contributed by atoms with E-state index in [-0.39, 0.29) is 11.3 Å². The van der Waals surface area contributed by atoms with Crippen LogP contribution < -0.4 is 5.56 Å². The van der Waals surface area contributed by atoms with Crippen LogP contribution in [-0.2, 0) is 12.8 Å². The topological polar surface area (TPSA) is 66.0 Å². The fourth-order valence-electron chi connectivity index (χ4n) is 3.04. The first-order chi connectivity index (χ1) is 11.0. The summed E-state index contributed by atoms with van der Waals surface area (Å²) in [7, 11) is 0. The number of H-pyrrole nitrogens is 1. The average molecular weight is 550 g/mol. The van der Waals surface area contributed by atoms with Gasteiger partial charge in [0.05, 0.1) is 14.5 Å². The van der Waals surface area contributed by atoms with E-state index in [2.05, 4.69) is 55.1 Å². The van der Waals surface area contributed by atoms with Crippen LogP contribution in [0.25, 0.3) is 21.6 Å². The molecule has 1 aliphatic carbocycles. The summed E-state index contributed by atoms with van der Waals surface area (Å²) in [4.78, 5) is 22.2. The minimum Gasteiger partial charge on any atom is -0.506 e. The van der Waals surface area contributed by atoms with Gasteiger partial charge in [0.2, 0.25) is 0 Å². The second-order valence-electron chi connectivity index (χ2n) is 5.59. The number of phenols is 1. The summed E-state index contributed by atoms with van der Waals surface area (Å²) < 4.78 is 1.74. The number of halogens is 2. The van der Waals surface area contributed by atoms with Gasteiger partial charge >= 0.3 is 0 Å². The maximum Gasteiger partial charge on any atom is 0.260 e. The van der Waals surface area contributed by atoms with E-state index in [1.54, 1.807) is 11.3 Å². The van der Waals surface area contributed by atoms with Crippen molar-refractivity contribution in [2.24, 2.45) is 0 Å². The predicted molar refractivity (Wildman–Crippen MR) is 109 cm³/mol. The maximum absolute atomic E-state index is 12.6. The highest BCUT2D eigenvalue weighted by molar-refractivity contribution is 14.1. The fraction of sp³-hybridized carbons (Fsp3) is 0.250. The SMILES string of the molecule is O=c1[nH]c(-c2cc(I)cc(I)c2O)nc2sc3c(c12)CCCC3. The Bertz CT molecular complexity index is 994. The molecule has 23 heavy (non-hydrogen) atoms. The zero-order chi connectivity index (χ0) is 16.1. The van der Waals surface area contributed by atoms with Gasteiger partial charge in [-0.15, -0.1) is 11.3 Å². The number of hydrogen-bond donors (Lipinski definition) is 2. The standard InChI is InChI=1S/C16H12I2N2O2S/c17-7-5-9(13(21)10(18)6-7)14-19-15(22)12-8-3-1-2-4-11(8)23-16(12)20-14/h5-6,21H,1-4H2,(H,19,20,22). The number of nitrogens with zero attached hydrogens (tertiary/aromatic N) is 1. The van der Waals surface area contributed by atoms with E-state index < -0.39 is 0 Å². The highest BCUT2D eigenvalue weighted by Gasteiger charge is 2.21. The van der Waals surface area contributed by atoms with Gasteiger partial charge in [0.25, 0.3) is 5.56 Å². The molecule has 0 unspecified atom stereocenters. The van der Waals surface area contributed by atoms with E-state index in [9.17, 15) is 9.90 Å². The number of fused-ring (bicyclic) bond motifs is 3. The molecule has 0 fully saturated rings. The third-order valence-electron chi connectivity index (χ3n) is 4.11. The van der Waals surface area contributed by atoms with E-state index in [1.165, 1.54) is 16.9 Å². The minimum atomic E-state index is -0.0994. The number of hydrogen-bond acceptors (Lipinski definition) is 4. The number of nitrogens with one attached hydrogen (secondary N) is 1. The monoisotopic (exact) mass is 550 g/mol. The van der Waals surface area contributed by atoms with E-state index in [4.69, 9.17) is 0 Å². The highest BCUT2D eigenvalue weighted by atomic mass is 127. The quantitative estimate of drug-likeness (QED) is 0.441. The van der Waals surface area contributed by atoms with Crippen LogP contribution in [0.4, 0.5) is 0 Å². The molecule has 4 nitrogen and oxygen atoms in total. The molecule has 1 aromatic carbocycles. The number of aromatic amines is 1. The Morgan fingerprint density at radius 1 is 1.22 bits per heavy atom. The molecule has 1 aliphatic rings. The Kier molecular flexibility index (Phi) is 4.12. The Morgan fingerprint density at radius 3 is 2.83 bits per heavy atom. The van der Waals surface area contributed by atoms with Gasteiger partial charge in [-0.05, 0) is 88.6 Å². The summed E-state index contributed by atoms with van der Waals surface area (Å²) in [5, 5.41) is 11.1. The van der Waals surface area contributed by atoms with Gasteiger partial charge in [-0.25, -0.2) is 4.98 Å². The van der Waals surface area contributed by atoms with Crippen LogP contribution in [0.3, 0.4) is 0 Å². The van der Waals surface area contributed by atoms with Crippen LogP contribution in [0.2, 0.25) is 0 Å². The number of aromatic nitrogens is 2. The molecular weight excluding hydrogens is 538 g/mol. The van der Waals surface area contributed by atoms with Gasteiger partial charge in [0, 0.05) is 8.45 Å². The summed E-state index contributed by atoms with van der Waals surface area (Å²) in [5.41, 5.74) is 1.65. The fourth-order valence-corrected chi connectivity index (χ4v) is 6.14. The molecule has 118 valence electrons. The van der Waals surface area contributed by atoms with E-state index in [1.807, 2.05) is 12.1 Å². The zero-order valence-electron chi connectivity index (χ0n) is 11.9. The largest absolute Gasteiger partial charge is 0.506 e. The molecule has 0 spiro atoms. The van der Waals surface area contributed by atoms with Crippen LogP contribution in [0.15, 0.2) is 16.9 Å². The smallest absolute Gasteiger partial charge is 0.260 e. The minimum absolute atomic E-state index is 0.0994. The van der Waals surface area contributed by atoms with Gasteiger partial charge in [0.1, 0.15) is 16.4 Å². The average Bonchev–Trinajstić information content (AvgIpc) is 2.89. The van der Waals surface area contributed by atoms with Gasteiger partial charge in [-0.3, -0.25) is 4.79 Å². The second-order valence-corrected chi connectivity index (χ2v) is 9.08. The van der Waals surface area contributed by atoms with Crippen molar-refractivity contribution in [3.63, 3.8) is 0 Å². The van der Waals surface area contributed by atoms with Gasteiger partial charge in [-0.2, -0.15) is 0 Å². The predicted octanol–water partition coefficient (Wildman–Crippen LogP) is 4.45. The molecule has 2 N–H and O–H groups in total. The lowest BCUT2D eigenvalue weighted by Crippen LogP contribution is -2.11. The molecule has 0 saturated heterocycles. The molecule has 3 aromatic rings. The number of thiophene rings is 1. The van der Waals surface area contributed by atoms with Crippen LogP contribution in [0, 0.1) is 7.14 Å². The Balaban J connectivity index is 1.98. The van der Waals surface area contributed by atoms with Crippen molar-refractivity contribution in [2.75, 3.05) is 0 Å². The molecule has 2 heterocycles. The van der Waals surface area contributed by atoms with Gasteiger partial charge in [-0.1, -0.05) is 0 Å². The molecule has 0 radical (unpaired) electrons. The summed E-state index contributed by atoms with van der Waals surface area (Å²) in [5.74, 6) is 0.602. The van der Waals surface area contributed by atoms with Crippen LogP contribution in [0.1, 0.15) is 23.3 Å². The molecule has 7 heteroatoms. The lowest BCUT2D eigenvalue weighted by atomic mass is 9.97. The third kappa shape index (κ3) is 2.70. The van der Waals surface area contributed by atoms with E-state index in [0.717, 1.165) is 36.6 Å². The molecular formula is C16H12I2N2O2S. The maximum atomic E-state index is 12.6. The number of benzene rings is 1. The van der Waals surface area contributed by atoms with Crippen LogP contribution >= 0.6 is 56.5 Å². The third-order valence-corrected chi connectivity index (χ3v) is 6.74. The first-order valence-corrected chi connectivity index (χ1v) is 10.2. The Hall–Kier alpha value is -0.680. The van der Waals surface area contributed by atoms with Crippen molar-refractivity contribution in [2.45, 2.75) is 25.7 Å². The van der Waals surface area contributed by atoms with E-state index in [0.29, 0.717) is 11.4 Å². The summed E-state index contributed by atoms with van der Waals surface area (Å²) in [6.45, 7) is 0. The van der Waals surface area contributed by atoms with Crippen molar-refractivity contribution in [1.29, 1.82) is 0 Å². The normalized spacial score (nSPS) is 14.2. The first-order valence-electron chi connectivity index (χ1n) is 7.27. The molecule has 0 aliphatic heterocycles. The number of aromatic hydroxyl groups is 1. The summed E-state index contributed by atoms with van der Waals surface area (Å²) in [6, 6.07) is 3.73. The van der Waals surface area contributed by atoms with Gasteiger partial charge < -0.3 is 10.1 Å². The molecule has 2 aromatic heterocycles.